The zero-order valence-corrected chi connectivity index (χ0v) is 8.38. The van der Waals surface area contributed by atoms with Gasteiger partial charge in [0.05, 0.1) is 5.69 Å². The first kappa shape index (κ1) is 8.87. The first-order valence-electron chi connectivity index (χ1n) is 4.43. The highest BCUT2D eigenvalue weighted by atomic mass is 16.1. The molecule has 2 heterocycles. The van der Waals surface area contributed by atoms with E-state index < -0.39 is 0 Å². The van der Waals surface area contributed by atoms with Gasteiger partial charge in [0.2, 0.25) is 5.56 Å². The van der Waals surface area contributed by atoms with Crippen LogP contribution in [0.15, 0.2) is 10.9 Å². The molecule has 4 heteroatoms. The summed E-state index contributed by atoms with van der Waals surface area (Å²) in [6.07, 6.45) is 0. The quantitative estimate of drug-likeness (QED) is 0.678. The molecule has 0 saturated heterocycles. The van der Waals surface area contributed by atoms with Crippen LogP contribution in [0.1, 0.15) is 17.1 Å². The van der Waals surface area contributed by atoms with Crippen molar-refractivity contribution >= 4 is 11.0 Å². The third kappa shape index (κ3) is 1.28. The summed E-state index contributed by atoms with van der Waals surface area (Å²) in [6, 6.07) is 1.56. The minimum Gasteiger partial charge on any atom is -0.306 e. The Bertz CT molecular complexity index is 557. The molecule has 0 atom stereocenters. The summed E-state index contributed by atoms with van der Waals surface area (Å²) in [6.45, 7) is 5.62. The van der Waals surface area contributed by atoms with E-state index in [1.165, 1.54) is 0 Å². The Morgan fingerprint density at radius 3 is 2.64 bits per heavy atom. The third-order valence-electron chi connectivity index (χ3n) is 2.19. The van der Waals surface area contributed by atoms with Crippen LogP contribution in [0.25, 0.3) is 11.0 Å². The maximum absolute atomic E-state index is 11.2. The molecule has 2 rings (SSSR count). The third-order valence-corrected chi connectivity index (χ3v) is 2.19. The first-order valence-corrected chi connectivity index (χ1v) is 4.43. The van der Waals surface area contributed by atoms with Crippen LogP contribution in [0.5, 0.6) is 0 Å². The first-order chi connectivity index (χ1) is 6.58. The van der Waals surface area contributed by atoms with Crippen LogP contribution in [0.4, 0.5) is 0 Å². The van der Waals surface area contributed by atoms with E-state index in [-0.39, 0.29) is 5.56 Å². The van der Waals surface area contributed by atoms with Crippen molar-refractivity contribution in [2.24, 2.45) is 0 Å². The van der Waals surface area contributed by atoms with Crippen molar-refractivity contribution in [1.29, 1.82) is 0 Å². The van der Waals surface area contributed by atoms with Gasteiger partial charge in [0, 0.05) is 11.5 Å². The molecule has 0 saturated carbocycles. The van der Waals surface area contributed by atoms with Crippen LogP contribution < -0.4 is 5.56 Å². The highest BCUT2D eigenvalue weighted by molar-refractivity contribution is 5.80. The molecule has 2 aromatic heterocycles. The molecule has 0 unspecified atom stereocenters. The van der Waals surface area contributed by atoms with Crippen molar-refractivity contribution in [1.82, 2.24) is 15.0 Å². The number of aromatic nitrogens is 3. The molecule has 0 aliphatic rings. The predicted octanol–water partition coefficient (Wildman–Crippen LogP) is 1.24. The molecule has 14 heavy (non-hydrogen) atoms. The van der Waals surface area contributed by atoms with Gasteiger partial charge in [-0.25, -0.2) is 9.97 Å². The van der Waals surface area contributed by atoms with E-state index in [4.69, 9.17) is 0 Å². The van der Waals surface area contributed by atoms with Gasteiger partial charge in [-0.3, -0.25) is 4.79 Å². The van der Waals surface area contributed by atoms with Crippen molar-refractivity contribution in [2.75, 3.05) is 0 Å². The summed E-state index contributed by atoms with van der Waals surface area (Å²) in [5, 5.41) is 0.940. The number of hydrogen-bond acceptors (Lipinski definition) is 3. The Morgan fingerprint density at radius 1 is 1.21 bits per heavy atom. The highest BCUT2D eigenvalue weighted by Crippen LogP contribution is 2.15. The largest absolute Gasteiger partial charge is 0.306 e. The van der Waals surface area contributed by atoms with Gasteiger partial charge in [0.25, 0.3) is 0 Å². The molecule has 1 N–H and O–H groups in total. The lowest BCUT2D eigenvalue weighted by molar-refractivity contribution is 1.03. The molecule has 72 valence electrons. The van der Waals surface area contributed by atoms with E-state index in [9.17, 15) is 4.79 Å². The van der Waals surface area contributed by atoms with Crippen LogP contribution in [0.2, 0.25) is 0 Å². The van der Waals surface area contributed by atoms with E-state index in [1.807, 2.05) is 20.8 Å². The predicted molar refractivity (Wildman–Crippen MR) is 54.4 cm³/mol. The lowest BCUT2D eigenvalue weighted by Gasteiger charge is -2.04. The number of nitrogens with one attached hydrogen (secondary N) is 1. The highest BCUT2D eigenvalue weighted by Gasteiger charge is 2.05. The van der Waals surface area contributed by atoms with Crippen molar-refractivity contribution in [3.8, 4) is 0 Å². The second-order valence-corrected chi connectivity index (χ2v) is 3.40. The van der Waals surface area contributed by atoms with Crippen molar-refractivity contribution in [3.05, 3.63) is 33.5 Å². The Hall–Kier alpha value is -1.71. The summed E-state index contributed by atoms with van der Waals surface area (Å²) in [5.74, 6) is 0.677. The standard InChI is InChI=1S/C10H11N3O/c1-5-4-8(14)13-10-9(5)6(2)11-7(3)12-10/h4H,1-3H3,(H,11,12,13,14). The number of fused-ring (bicyclic) bond motifs is 1. The fourth-order valence-corrected chi connectivity index (χ4v) is 1.70. The maximum Gasteiger partial charge on any atom is 0.249 e. The summed E-state index contributed by atoms with van der Waals surface area (Å²) in [7, 11) is 0. The van der Waals surface area contributed by atoms with E-state index in [0.717, 1.165) is 16.6 Å². The molecule has 0 spiro atoms. The van der Waals surface area contributed by atoms with Crippen LogP contribution in [0, 0.1) is 20.8 Å². The molecule has 0 aliphatic heterocycles. The van der Waals surface area contributed by atoms with E-state index in [1.54, 1.807) is 6.07 Å². The van der Waals surface area contributed by atoms with Gasteiger partial charge in [-0.1, -0.05) is 0 Å². The summed E-state index contributed by atoms with van der Waals surface area (Å²) in [5.41, 5.74) is 2.33. The zero-order valence-electron chi connectivity index (χ0n) is 8.38. The molecular weight excluding hydrogens is 178 g/mol. The lowest BCUT2D eigenvalue weighted by atomic mass is 10.1. The van der Waals surface area contributed by atoms with Crippen LogP contribution >= 0.6 is 0 Å². The minimum absolute atomic E-state index is 0.118. The molecule has 0 fully saturated rings. The second-order valence-electron chi connectivity index (χ2n) is 3.40. The molecule has 0 amide bonds. The smallest absolute Gasteiger partial charge is 0.249 e. The molecule has 4 nitrogen and oxygen atoms in total. The fourth-order valence-electron chi connectivity index (χ4n) is 1.70. The molecule has 0 radical (unpaired) electrons. The molecule has 0 aromatic carbocycles. The molecular formula is C10H11N3O. The SMILES string of the molecule is Cc1nc(C)c2c(C)cc(=O)[nH]c2n1. The van der Waals surface area contributed by atoms with Crippen LogP contribution in [0.3, 0.4) is 0 Å². The normalized spacial score (nSPS) is 10.8. The summed E-state index contributed by atoms with van der Waals surface area (Å²) in [4.78, 5) is 22.4. The van der Waals surface area contributed by atoms with Gasteiger partial charge in [0.15, 0.2) is 0 Å². The van der Waals surface area contributed by atoms with Crippen LogP contribution in [-0.4, -0.2) is 15.0 Å². The number of H-pyrrole nitrogens is 1. The second kappa shape index (κ2) is 2.90. The van der Waals surface area contributed by atoms with Gasteiger partial charge in [0.1, 0.15) is 11.5 Å². The van der Waals surface area contributed by atoms with Crippen molar-refractivity contribution < 1.29 is 0 Å². The van der Waals surface area contributed by atoms with Crippen molar-refractivity contribution in [2.45, 2.75) is 20.8 Å². The number of aromatic amines is 1. The number of nitrogens with zero attached hydrogens (tertiary/aromatic N) is 2. The fraction of sp³-hybridized carbons (Fsp3) is 0.300. The Labute approximate surface area is 81.0 Å². The van der Waals surface area contributed by atoms with Crippen molar-refractivity contribution in [3.63, 3.8) is 0 Å². The number of hydrogen-bond donors (Lipinski definition) is 1. The summed E-state index contributed by atoms with van der Waals surface area (Å²) < 4.78 is 0. The van der Waals surface area contributed by atoms with E-state index in [0.29, 0.717) is 11.5 Å². The van der Waals surface area contributed by atoms with Crippen LogP contribution in [-0.2, 0) is 0 Å². The number of rotatable bonds is 0. The Kier molecular flexibility index (Phi) is 1.84. The van der Waals surface area contributed by atoms with E-state index >= 15 is 0 Å². The summed E-state index contributed by atoms with van der Waals surface area (Å²) >= 11 is 0. The molecule has 0 bridgehead atoms. The molecule has 2 aromatic rings. The zero-order chi connectivity index (χ0) is 10.3. The Morgan fingerprint density at radius 2 is 1.93 bits per heavy atom. The molecule has 0 aliphatic carbocycles. The van der Waals surface area contributed by atoms with Gasteiger partial charge in [-0.05, 0) is 26.3 Å². The minimum atomic E-state index is -0.118. The lowest BCUT2D eigenvalue weighted by Crippen LogP contribution is -2.08. The van der Waals surface area contributed by atoms with E-state index in [2.05, 4.69) is 15.0 Å². The topological polar surface area (TPSA) is 58.6 Å². The Balaban J connectivity index is 3.01. The average molecular weight is 189 g/mol. The average Bonchev–Trinajstić information content (AvgIpc) is 1.99. The van der Waals surface area contributed by atoms with Gasteiger partial charge in [-0.15, -0.1) is 0 Å². The number of aryl methyl sites for hydroxylation is 3. The number of pyridine rings is 1. The monoisotopic (exact) mass is 189 g/mol. The maximum atomic E-state index is 11.2. The van der Waals surface area contributed by atoms with Gasteiger partial charge < -0.3 is 4.98 Å². The van der Waals surface area contributed by atoms with Gasteiger partial charge >= 0.3 is 0 Å². The van der Waals surface area contributed by atoms with Gasteiger partial charge in [-0.2, -0.15) is 0 Å².